The molecule has 0 unspecified atom stereocenters. The van der Waals surface area contributed by atoms with Gasteiger partial charge in [-0.25, -0.2) is 0 Å². The molecule has 0 aromatic heterocycles. The molecule has 0 heterocycles. The summed E-state index contributed by atoms with van der Waals surface area (Å²) in [6.07, 6.45) is 7.17. The highest BCUT2D eigenvalue weighted by atomic mass is 16.5. The first-order valence-corrected chi connectivity index (χ1v) is 2.80. The van der Waals surface area contributed by atoms with Gasteiger partial charge in [-0.3, -0.25) is 0 Å². The lowest BCUT2D eigenvalue weighted by atomic mass is 10.3. The van der Waals surface area contributed by atoms with E-state index < -0.39 is 0 Å². The molecule has 0 aliphatic carbocycles. The minimum atomic E-state index is 1.13. The smallest absolute Gasteiger partial charge is 0.0827 e. The Balaban J connectivity index is 3.74. The summed E-state index contributed by atoms with van der Waals surface area (Å²) in [4.78, 5) is 0. The highest BCUT2D eigenvalue weighted by Gasteiger charge is 1.74. The van der Waals surface area contributed by atoms with E-state index in [9.17, 15) is 0 Å². The third-order valence-corrected chi connectivity index (χ3v) is 0.848. The molecule has 0 aliphatic rings. The van der Waals surface area contributed by atoms with Crippen molar-refractivity contribution in [3.8, 4) is 0 Å². The quantitative estimate of drug-likeness (QED) is 0.414. The van der Waals surface area contributed by atoms with Gasteiger partial charge in [0.25, 0.3) is 0 Å². The second-order valence-electron chi connectivity index (χ2n) is 1.68. The molecule has 0 aliphatic heterocycles. The Labute approximate surface area is 56.3 Å². The molecule has 0 saturated carbocycles. The first kappa shape index (κ1) is 8.02. The molecule has 0 amide bonds. The van der Waals surface area contributed by atoms with Crippen molar-refractivity contribution < 1.29 is 4.74 Å². The van der Waals surface area contributed by atoms with Crippen LogP contribution in [0, 0.1) is 0 Å². The molecule has 0 aromatic carbocycles. The first-order chi connectivity index (χ1) is 4.31. The Morgan fingerprint density at radius 1 is 1.56 bits per heavy atom. The zero-order chi connectivity index (χ0) is 7.11. The molecule has 0 saturated heterocycles. The van der Waals surface area contributed by atoms with Crippen LogP contribution in [-0.4, -0.2) is 7.11 Å². The van der Waals surface area contributed by atoms with Gasteiger partial charge in [-0.15, -0.1) is 0 Å². The lowest BCUT2D eigenvalue weighted by molar-refractivity contribution is 0.338. The molecule has 9 heavy (non-hydrogen) atoms. The van der Waals surface area contributed by atoms with Crippen LogP contribution in [0.25, 0.3) is 0 Å². The van der Waals surface area contributed by atoms with Gasteiger partial charge in [0.05, 0.1) is 13.4 Å². The van der Waals surface area contributed by atoms with E-state index in [2.05, 4.69) is 6.58 Å². The lowest BCUT2D eigenvalue weighted by Gasteiger charge is -1.87. The molecular formula is C8H12O. The summed E-state index contributed by atoms with van der Waals surface area (Å²) >= 11 is 0. The maximum absolute atomic E-state index is 4.70. The van der Waals surface area contributed by atoms with Crippen LogP contribution in [0.1, 0.15) is 6.92 Å². The Morgan fingerprint density at radius 2 is 2.22 bits per heavy atom. The fourth-order valence-electron chi connectivity index (χ4n) is 0.417. The van der Waals surface area contributed by atoms with E-state index in [1.54, 1.807) is 19.4 Å². The SMILES string of the molecule is C=C/C=C(C)\C=C/OC. The van der Waals surface area contributed by atoms with Gasteiger partial charge in [0.1, 0.15) is 0 Å². The Bertz CT molecular complexity index is 132. The van der Waals surface area contributed by atoms with Crippen LogP contribution in [0.4, 0.5) is 0 Å². The van der Waals surface area contributed by atoms with Gasteiger partial charge >= 0.3 is 0 Å². The van der Waals surface area contributed by atoms with Gasteiger partial charge in [-0.1, -0.05) is 18.7 Å². The molecular weight excluding hydrogens is 112 g/mol. The monoisotopic (exact) mass is 124 g/mol. The van der Waals surface area contributed by atoms with Crippen LogP contribution in [0.15, 0.2) is 36.6 Å². The first-order valence-electron chi connectivity index (χ1n) is 2.80. The molecule has 0 rings (SSSR count). The maximum Gasteiger partial charge on any atom is 0.0827 e. The van der Waals surface area contributed by atoms with Crippen LogP contribution in [0.5, 0.6) is 0 Å². The Kier molecular flexibility index (Phi) is 4.60. The largest absolute Gasteiger partial charge is 0.504 e. The van der Waals surface area contributed by atoms with E-state index in [1.807, 2.05) is 19.1 Å². The summed E-state index contributed by atoms with van der Waals surface area (Å²) in [5, 5.41) is 0. The zero-order valence-electron chi connectivity index (χ0n) is 5.92. The van der Waals surface area contributed by atoms with Crippen LogP contribution < -0.4 is 0 Å². The second-order valence-corrected chi connectivity index (χ2v) is 1.68. The number of ether oxygens (including phenoxy) is 1. The highest BCUT2D eigenvalue weighted by Crippen LogP contribution is 1.93. The third kappa shape index (κ3) is 4.88. The standard InChI is InChI=1S/C8H12O/c1-4-5-8(2)6-7-9-3/h4-7H,1H2,2-3H3/b7-6-,8-5-. The molecule has 0 N–H and O–H groups in total. The van der Waals surface area contributed by atoms with E-state index in [0.717, 1.165) is 5.57 Å². The summed E-state index contributed by atoms with van der Waals surface area (Å²) in [5.74, 6) is 0. The van der Waals surface area contributed by atoms with Gasteiger partial charge in [-0.2, -0.15) is 0 Å². The van der Waals surface area contributed by atoms with E-state index in [-0.39, 0.29) is 0 Å². The van der Waals surface area contributed by atoms with Gasteiger partial charge in [0, 0.05) is 0 Å². The van der Waals surface area contributed by atoms with Crippen LogP contribution in [-0.2, 0) is 4.74 Å². The fraction of sp³-hybridized carbons (Fsp3) is 0.250. The molecule has 50 valence electrons. The lowest BCUT2D eigenvalue weighted by Crippen LogP contribution is -1.67. The van der Waals surface area contributed by atoms with E-state index in [1.165, 1.54) is 0 Å². The topological polar surface area (TPSA) is 9.23 Å². The maximum atomic E-state index is 4.70. The molecule has 0 fully saturated rings. The van der Waals surface area contributed by atoms with Crippen LogP contribution in [0.2, 0.25) is 0 Å². The van der Waals surface area contributed by atoms with Crippen LogP contribution in [0.3, 0.4) is 0 Å². The van der Waals surface area contributed by atoms with Gasteiger partial charge in [0.15, 0.2) is 0 Å². The van der Waals surface area contributed by atoms with Gasteiger partial charge in [0.2, 0.25) is 0 Å². The normalized spacial score (nSPS) is 12.0. The molecule has 1 nitrogen and oxygen atoms in total. The van der Waals surface area contributed by atoms with E-state index >= 15 is 0 Å². The third-order valence-electron chi connectivity index (χ3n) is 0.848. The number of rotatable bonds is 3. The molecule has 0 atom stereocenters. The highest BCUT2D eigenvalue weighted by molar-refractivity contribution is 5.19. The molecule has 1 heteroatoms. The van der Waals surface area contributed by atoms with Crippen molar-refractivity contribution in [2.75, 3.05) is 7.11 Å². The van der Waals surface area contributed by atoms with Crippen LogP contribution >= 0.6 is 0 Å². The predicted molar refractivity (Wildman–Crippen MR) is 40.1 cm³/mol. The fourth-order valence-corrected chi connectivity index (χ4v) is 0.417. The predicted octanol–water partition coefficient (Wildman–Crippen LogP) is 2.28. The average molecular weight is 124 g/mol. The summed E-state index contributed by atoms with van der Waals surface area (Å²) in [6.45, 7) is 5.54. The zero-order valence-corrected chi connectivity index (χ0v) is 5.92. The summed E-state index contributed by atoms with van der Waals surface area (Å²) in [6, 6.07) is 0. The number of hydrogen-bond acceptors (Lipinski definition) is 1. The van der Waals surface area contributed by atoms with Crippen molar-refractivity contribution in [3.63, 3.8) is 0 Å². The van der Waals surface area contributed by atoms with Gasteiger partial charge in [-0.05, 0) is 18.6 Å². The van der Waals surface area contributed by atoms with Crippen molar-refractivity contribution in [1.82, 2.24) is 0 Å². The van der Waals surface area contributed by atoms with Crippen molar-refractivity contribution in [1.29, 1.82) is 0 Å². The van der Waals surface area contributed by atoms with E-state index in [0.29, 0.717) is 0 Å². The number of hydrogen-bond donors (Lipinski definition) is 0. The minimum absolute atomic E-state index is 1.13. The summed E-state index contributed by atoms with van der Waals surface area (Å²) < 4.78 is 4.70. The van der Waals surface area contributed by atoms with Gasteiger partial charge < -0.3 is 4.74 Å². The molecule has 0 spiro atoms. The average Bonchev–Trinajstić information content (AvgIpc) is 1.85. The van der Waals surface area contributed by atoms with Crippen molar-refractivity contribution >= 4 is 0 Å². The van der Waals surface area contributed by atoms with Crippen molar-refractivity contribution in [3.05, 3.63) is 36.6 Å². The molecule has 0 bridgehead atoms. The molecule has 0 radical (unpaired) electrons. The Morgan fingerprint density at radius 3 is 2.67 bits per heavy atom. The number of methoxy groups -OCH3 is 1. The number of allylic oxidation sites excluding steroid dienone is 4. The summed E-state index contributed by atoms with van der Waals surface area (Å²) in [7, 11) is 1.62. The molecule has 0 aromatic rings. The second kappa shape index (κ2) is 5.16. The van der Waals surface area contributed by atoms with Crippen molar-refractivity contribution in [2.45, 2.75) is 6.92 Å². The van der Waals surface area contributed by atoms with E-state index in [4.69, 9.17) is 4.74 Å². The summed E-state index contributed by atoms with van der Waals surface area (Å²) in [5.41, 5.74) is 1.13. The minimum Gasteiger partial charge on any atom is -0.504 e. The van der Waals surface area contributed by atoms with Crippen molar-refractivity contribution in [2.24, 2.45) is 0 Å². The Hall–Kier alpha value is -0.980.